The fourth-order valence-electron chi connectivity index (χ4n) is 3.07. The average Bonchev–Trinajstić information content (AvgIpc) is 2.90. The van der Waals surface area contributed by atoms with Crippen LogP contribution in [0.15, 0.2) is 34.2 Å². The number of hydrogen-bond acceptors (Lipinski definition) is 4. The molecule has 0 aliphatic carbocycles. The summed E-state index contributed by atoms with van der Waals surface area (Å²) in [6.07, 6.45) is 0.826. The zero-order valence-electron chi connectivity index (χ0n) is 18.5. The number of aryl methyl sites for hydroxylation is 3. The zero-order valence-corrected chi connectivity index (χ0v) is 21.6. The van der Waals surface area contributed by atoms with Gasteiger partial charge in [-0.25, -0.2) is 13.1 Å². The number of benzene rings is 1. The smallest absolute Gasteiger partial charge is 0.240 e. The number of nitrogens with zero attached hydrogens (tertiary/aromatic N) is 3. The number of hydrogen-bond donors (Lipinski definition) is 3. The van der Waals surface area contributed by atoms with Gasteiger partial charge in [0.1, 0.15) is 0 Å². The molecule has 0 aliphatic rings. The molecule has 30 heavy (non-hydrogen) atoms. The van der Waals surface area contributed by atoms with E-state index in [0.717, 1.165) is 23.4 Å². The number of halogens is 1. The Morgan fingerprint density at radius 3 is 2.33 bits per heavy atom. The maximum atomic E-state index is 12.3. The van der Waals surface area contributed by atoms with Gasteiger partial charge in [-0.05, 0) is 51.8 Å². The first-order valence-electron chi connectivity index (χ1n) is 9.66. The summed E-state index contributed by atoms with van der Waals surface area (Å²) in [7, 11) is 0.128. The minimum Gasteiger partial charge on any atom is -0.355 e. The van der Waals surface area contributed by atoms with Gasteiger partial charge in [-0.3, -0.25) is 9.67 Å². The van der Waals surface area contributed by atoms with Gasteiger partial charge in [0.15, 0.2) is 5.96 Å². The maximum absolute atomic E-state index is 12.3. The van der Waals surface area contributed by atoms with Crippen LogP contribution in [0.5, 0.6) is 0 Å². The molecule has 0 aliphatic heterocycles. The van der Waals surface area contributed by atoms with Crippen molar-refractivity contribution in [3.8, 4) is 0 Å². The standard InChI is InChI=1S/C20H32N6O2S.HI/c1-14-7-9-18(10-8-14)29(27,28)23-12-11-22-20(21-5)24-15(2)13-19-16(3)25-26(6)17(19)4;/h7-10,15,23H,11-13H2,1-6H3,(H2,21,22,24);1H. The molecule has 1 heterocycles. The van der Waals surface area contributed by atoms with E-state index >= 15 is 0 Å². The van der Waals surface area contributed by atoms with Gasteiger partial charge in [-0.2, -0.15) is 5.10 Å². The molecule has 8 nitrogen and oxygen atoms in total. The van der Waals surface area contributed by atoms with E-state index in [-0.39, 0.29) is 41.5 Å². The molecule has 168 valence electrons. The summed E-state index contributed by atoms with van der Waals surface area (Å²) in [5.41, 5.74) is 4.44. The highest BCUT2D eigenvalue weighted by Crippen LogP contribution is 2.14. The normalized spacial score (nSPS) is 12.9. The minimum absolute atomic E-state index is 0. The lowest BCUT2D eigenvalue weighted by Crippen LogP contribution is -2.45. The Morgan fingerprint density at radius 1 is 1.17 bits per heavy atom. The van der Waals surface area contributed by atoms with E-state index in [9.17, 15) is 8.42 Å². The molecule has 2 rings (SSSR count). The lowest BCUT2D eigenvalue weighted by Gasteiger charge is -2.18. The lowest BCUT2D eigenvalue weighted by molar-refractivity contribution is 0.579. The Balaban J connectivity index is 0.00000450. The van der Waals surface area contributed by atoms with E-state index in [1.54, 1.807) is 31.3 Å². The van der Waals surface area contributed by atoms with Crippen LogP contribution >= 0.6 is 24.0 Å². The first-order valence-corrected chi connectivity index (χ1v) is 11.1. The topological polar surface area (TPSA) is 100 Å². The van der Waals surface area contributed by atoms with Crippen LogP contribution in [0.25, 0.3) is 0 Å². The molecule has 0 radical (unpaired) electrons. The van der Waals surface area contributed by atoms with E-state index in [0.29, 0.717) is 12.5 Å². The second-order valence-corrected chi connectivity index (χ2v) is 9.00. The molecule has 1 aromatic carbocycles. The first-order chi connectivity index (χ1) is 13.6. The third-order valence-electron chi connectivity index (χ3n) is 4.82. The molecule has 0 amide bonds. The molecule has 3 N–H and O–H groups in total. The average molecular weight is 548 g/mol. The largest absolute Gasteiger partial charge is 0.355 e. The van der Waals surface area contributed by atoms with Crippen LogP contribution in [0, 0.1) is 20.8 Å². The number of rotatable bonds is 8. The van der Waals surface area contributed by atoms with Crippen molar-refractivity contribution in [2.45, 2.75) is 45.1 Å². The molecule has 0 spiro atoms. The van der Waals surface area contributed by atoms with Crippen LogP contribution < -0.4 is 15.4 Å². The van der Waals surface area contributed by atoms with E-state index in [2.05, 4.69) is 39.3 Å². The Morgan fingerprint density at radius 2 is 1.80 bits per heavy atom. The van der Waals surface area contributed by atoms with Gasteiger partial charge in [0, 0.05) is 38.9 Å². The van der Waals surface area contributed by atoms with Crippen molar-refractivity contribution >= 4 is 40.0 Å². The molecule has 0 fully saturated rings. The van der Waals surface area contributed by atoms with Crippen molar-refractivity contribution in [3.05, 3.63) is 46.8 Å². The van der Waals surface area contributed by atoms with Crippen LogP contribution in [0.3, 0.4) is 0 Å². The monoisotopic (exact) mass is 548 g/mol. The highest BCUT2D eigenvalue weighted by molar-refractivity contribution is 14.0. The summed E-state index contributed by atoms with van der Waals surface area (Å²) < 4.78 is 29.1. The van der Waals surface area contributed by atoms with Crippen LogP contribution in [0.2, 0.25) is 0 Å². The van der Waals surface area contributed by atoms with E-state index < -0.39 is 10.0 Å². The Hall–Kier alpha value is -1.66. The molecular weight excluding hydrogens is 515 g/mol. The quantitative estimate of drug-likeness (QED) is 0.203. The summed E-state index contributed by atoms with van der Waals surface area (Å²) in [5.74, 6) is 0.631. The van der Waals surface area contributed by atoms with Crippen molar-refractivity contribution in [3.63, 3.8) is 0 Å². The van der Waals surface area contributed by atoms with Crippen LogP contribution in [-0.2, 0) is 23.5 Å². The molecule has 0 saturated heterocycles. The highest BCUT2D eigenvalue weighted by Gasteiger charge is 2.15. The van der Waals surface area contributed by atoms with Gasteiger partial charge in [0.2, 0.25) is 10.0 Å². The second kappa shape index (κ2) is 11.7. The predicted octanol–water partition coefficient (Wildman–Crippen LogP) is 2.04. The summed E-state index contributed by atoms with van der Waals surface area (Å²) >= 11 is 0. The maximum Gasteiger partial charge on any atom is 0.240 e. The zero-order chi connectivity index (χ0) is 21.6. The second-order valence-electron chi connectivity index (χ2n) is 7.23. The minimum atomic E-state index is -3.51. The number of guanidine groups is 1. The molecular formula is C20H33IN6O2S. The SMILES string of the molecule is CN=C(NCCNS(=O)(=O)c1ccc(C)cc1)NC(C)Cc1c(C)nn(C)c1C.I. The first kappa shape index (κ1) is 26.4. The van der Waals surface area contributed by atoms with Gasteiger partial charge in [-0.15, -0.1) is 24.0 Å². The van der Waals surface area contributed by atoms with Crippen molar-refractivity contribution in [1.29, 1.82) is 0 Å². The van der Waals surface area contributed by atoms with Gasteiger partial charge >= 0.3 is 0 Å². The summed E-state index contributed by atoms with van der Waals surface area (Å²) in [5, 5.41) is 10.9. The Bertz CT molecular complexity index is 954. The van der Waals surface area contributed by atoms with Crippen molar-refractivity contribution in [2.75, 3.05) is 20.1 Å². The molecule has 1 atom stereocenters. The number of sulfonamides is 1. The number of aromatic nitrogens is 2. The van der Waals surface area contributed by atoms with Crippen LogP contribution in [0.1, 0.15) is 29.4 Å². The van der Waals surface area contributed by atoms with Gasteiger partial charge in [-0.1, -0.05) is 17.7 Å². The van der Waals surface area contributed by atoms with Gasteiger partial charge in [0.25, 0.3) is 0 Å². The highest BCUT2D eigenvalue weighted by atomic mass is 127. The fraction of sp³-hybridized carbons (Fsp3) is 0.500. The molecule has 0 saturated carbocycles. The number of aliphatic imine (C=N–C) groups is 1. The van der Waals surface area contributed by atoms with E-state index in [4.69, 9.17) is 0 Å². The molecule has 0 bridgehead atoms. The summed E-state index contributed by atoms with van der Waals surface area (Å²) in [6.45, 7) is 8.76. The summed E-state index contributed by atoms with van der Waals surface area (Å²) in [4.78, 5) is 4.48. The molecule has 1 aromatic heterocycles. The van der Waals surface area contributed by atoms with Crippen LogP contribution in [-0.4, -0.2) is 50.3 Å². The van der Waals surface area contributed by atoms with E-state index in [1.165, 1.54) is 5.56 Å². The van der Waals surface area contributed by atoms with Crippen LogP contribution in [0.4, 0.5) is 0 Å². The van der Waals surface area contributed by atoms with Crippen molar-refractivity contribution < 1.29 is 8.42 Å². The molecule has 10 heteroatoms. The van der Waals surface area contributed by atoms with Crippen molar-refractivity contribution in [2.24, 2.45) is 12.0 Å². The Kier molecular flexibility index (Phi) is 10.2. The summed E-state index contributed by atoms with van der Waals surface area (Å²) in [6, 6.07) is 6.93. The fourth-order valence-corrected chi connectivity index (χ4v) is 4.10. The third kappa shape index (κ3) is 7.24. The van der Waals surface area contributed by atoms with Crippen molar-refractivity contribution in [1.82, 2.24) is 25.1 Å². The lowest BCUT2D eigenvalue weighted by atomic mass is 10.1. The third-order valence-corrected chi connectivity index (χ3v) is 6.29. The Labute approximate surface area is 197 Å². The number of nitrogens with one attached hydrogen (secondary N) is 3. The molecule has 2 aromatic rings. The van der Waals surface area contributed by atoms with Gasteiger partial charge in [0.05, 0.1) is 10.6 Å². The van der Waals surface area contributed by atoms with E-state index in [1.807, 2.05) is 25.6 Å². The molecule has 1 unspecified atom stereocenters. The predicted molar refractivity (Wildman–Crippen MR) is 132 cm³/mol. The van der Waals surface area contributed by atoms with Gasteiger partial charge < -0.3 is 10.6 Å².